The smallest absolute Gasteiger partial charge is 0.316 e. The fraction of sp³-hybridized carbons (Fsp3) is 0.560. The maximum atomic E-state index is 13.1. The monoisotopic (exact) mass is 990 g/mol. The molecule has 0 bridgehead atoms. The maximum absolute atomic E-state index is 13.1. The third kappa shape index (κ3) is 17.1. The van der Waals surface area contributed by atoms with Gasteiger partial charge in [0, 0.05) is 109 Å². The van der Waals surface area contributed by atoms with E-state index < -0.39 is 25.6 Å². The summed E-state index contributed by atoms with van der Waals surface area (Å²) in [7, 11) is -6.25. The third-order valence-corrected chi connectivity index (χ3v) is 15.4. The van der Waals surface area contributed by atoms with E-state index in [9.17, 15) is 26.4 Å². The van der Waals surface area contributed by atoms with Crippen molar-refractivity contribution in [1.29, 1.82) is 0 Å². The van der Waals surface area contributed by atoms with Crippen LogP contribution in [0.15, 0.2) is 83.1 Å². The number of sulfone groups is 2. The molecule has 0 unspecified atom stereocenters. The first-order chi connectivity index (χ1) is 33.1. The number of hydrogen-bond acceptors (Lipinski definition) is 15. The molecule has 2 aliphatic heterocycles. The molecule has 19 heteroatoms. The second kappa shape index (κ2) is 25.7. The Labute approximate surface area is 408 Å². The number of carbonyl (C=O) groups is 2. The van der Waals surface area contributed by atoms with E-state index in [0.717, 1.165) is 134 Å². The molecule has 17 nitrogen and oxygen atoms in total. The van der Waals surface area contributed by atoms with Gasteiger partial charge in [-0.25, -0.2) is 36.8 Å². The fourth-order valence-electron chi connectivity index (χ4n) is 8.78. The predicted molar refractivity (Wildman–Crippen MR) is 262 cm³/mol. The summed E-state index contributed by atoms with van der Waals surface area (Å²) >= 11 is 0. The van der Waals surface area contributed by atoms with Crippen LogP contribution in [0.3, 0.4) is 0 Å². The third-order valence-electron chi connectivity index (χ3n) is 13.2. The minimum absolute atomic E-state index is 0.0491. The molecular weight excluding hydrogens is 921 g/mol. The van der Waals surface area contributed by atoms with Crippen LogP contribution >= 0.6 is 0 Å². The van der Waals surface area contributed by atoms with Crippen LogP contribution in [-0.2, 0) is 55.2 Å². The van der Waals surface area contributed by atoms with Crippen molar-refractivity contribution in [2.24, 2.45) is 11.8 Å². The molecule has 8 rings (SSSR count). The summed E-state index contributed by atoms with van der Waals surface area (Å²) in [6.07, 6.45) is 17.8. The highest BCUT2D eigenvalue weighted by Gasteiger charge is 2.32. The average molecular weight is 991 g/mol. The molecule has 4 aliphatic rings. The molecule has 4 aromatic rings. The topological polar surface area (TPSA) is 214 Å². The van der Waals surface area contributed by atoms with Gasteiger partial charge in [0.2, 0.25) is 5.91 Å². The number of aliphatic carboxylic acids is 1. The number of ether oxygens (including phenoxy) is 2. The quantitative estimate of drug-likeness (QED) is 0.164. The standard InChI is InChI=1S/C25H34N4O4S.C13H18N2O3.C12H18N2O2S/c1-3-19-16-26-25(27-17-19)33-22-8-6-21(7-9-22)24(30)29-14-12-28(13-15-29)18-20-4-10-23(11-5-20)34(2,31)32;1-2-9-7-14-13(15-8-9)18-11-5-3-10(4-6-11)12(16)17;1-17(15,16)12-4-2-11(3-5-12)10-14-8-6-13-7-9-14/h4-5,10-11,16-17,21-22H,3,6-9,12-15,18H2,1-2H3;7-8,10-11H,2-6H2,1H3,(H,16,17);2-5,13H,6-10H2,1H3. The molecule has 0 spiro atoms. The van der Waals surface area contributed by atoms with Gasteiger partial charge in [0.05, 0.1) is 15.7 Å². The number of carboxylic acids is 1. The minimum Gasteiger partial charge on any atom is -0.481 e. The molecule has 2 N–H and O–H groups in total. The zero-order chi connectivity index (χ0) is 49.4. The van der Waals surface area contributed by atoms with Gasteiger partial charge in [-0.1, -0.05) is 38.1 Å². The number of aryl methyl sites for hydroxylation is 2. The first-order valence-electron chi connectivity index (χ1n) is 24.3. The summed E-state index contributed by atoms with van der Waals surface area (Å²) in [5.74, 6) is -0.581. The molecule has 2 aromatic carbocycles. The molecule has 2 saturated heterocycles. The van der Waals surface area contributed by atoms with E-state index in [1.165, 1.54) is 18.1 Å². The van der Waals surface area contributed by atoms with Crippen molar-refractivity contribution in [2.75, 3.05) is 64.9 Å². The lowest BCUT2D eigenvalue weighted by atomic mass is 9.86. The van der Waals surface area contributed by atoms with Crippen LogP contribution in [0.25, 0.3) is 0 Å². The van der Waals surface area contributed by atoms with E-state index in [2.05, 4.69) is 42.0 Å². The second-order valence-electron chi connectivity index (χ2n) is 18.4. The molecule has 0 atom stereocenters. The van der Waals surface area contributed by atoms with Gasteiger partial charge < -0.3 is 24.8 Å². The van der Waals surface area contributed by atoms with Crippen LogP contribution < -0.4 is 14.8 Å². The highest BCUT2D eigenvalue weighted by atomic mass is 32.2. The number of hydrogen-bond donors (Lipinski definition) is 2. The summed E-state index contributed by atoms with van der Waals surface area (Å²) in [5, 5.41) is 12.2. The van der Waals surface area contributed by atoms with E-state index in [0.29, 0.717) is 34.7 Å². The van der Waals surface area contributed by atoms with Gasteiger partial charge in [-0.15, -0.1) is 0 Å². The number of carbonyl (C=O) groups excluding carboxylic acids is 1. The van der Waals surface area contributed by atoms with Crippen molar-refractivity contribution in [1.82, 2.24) is 40.0 Å². The van der Waals surface area contributed by atoms with Crippen molar-refractivity contribution in [3.8, 4) is 12.0 Å². The SMILES string of the molecule is CCc1cnc(OC2CCC(C(=O)N3CCN(Cc4ccc(S(C)(=O)=O)cc4)CC3)CC2)nc1.CCc1cnc(OC2CCC(C(=O)O)CC2)nc1.CS(=O)(=O)c1ccc(CN2CCNCC2)cc1. The van der Waals surface area contributed by atoms with Gasteiger partial charge in [0.1, 0.15) is 12.2 Å². The number of piperazine rings is 2. The first kappa shape index (κ1) is 53.3. The van der Waals surface area contributed by atoms with Crippen molar-refractivity contribution < 1.29 is 41.0 Å². The Morgan fingerprint density at radius 3 is 1.30 bits per heavy atom. The molecule has 2 aliphatic carbocycles. The van der Waals surface area contributed by atoms with Crippen LogP contribution in [0.1, 0.15) is 87.5 Å². The Morgan fingerprint density at radius 2 is 0.942 bits per heavy atom. The van der Waals surface area contributed by atoms with Crippen LogP contribution in [0, 0.1) is 11.8 Å². The zero-order valence-electron chi connectivity index (χ0n) is 40.5. The predicted octanol–water partition coefficient (Wildman–Crippen LogP) is 5.28. The highest BCUT2D eigenvalue weighted by Crippen LogP contribution is 2.29. The van der Waals surface area contributed by atoms with Crippen LogP contribution in [-0.4, -0.2) is 146 Å². The number of nitrogens with one attached hydrogen (secondary N) is 1. The lowest BCUT2D eigenvalue weighted by Crippen LogP contribution is -2.50. The van der Waals surface area contributed by atoms with E-state index in [1.54, 1.807) is 36.7 Å². The van der Waals surface area contributed by atoms with Crippen molar-refractivity contribution in [3.63, 3.8) is 0 Å². The van der Waals surface area contributed by atoms with E-state index in [-0.39, 0.29) is 30.0 Å². The van der Waals surface area contributed by atoms with Crippen LogP contribution in [0.2, 0.25) is 0 Å². The van der Waals surface area contributed by atoms with Crippen LogP contribution in [0.4, 0.5) is 0 Å². The molecule has 4 heterocycles. The van der Waals surface area contributed by atoms with Crippen LogP contribution in [0.5, 0.6) is 12.0 Å². The fourth-order valence-corrected chi connectivity index (χ4v) is 10.0. The summed E-state index contributed by atoms with van der Waals surface area (Å²) in [4.78, 5) is 48.2. The Hall–Kier alpha value is -5.08. The van der Waals surface area contributed by atoms with E-state index >= 15 is 0 Å². The average Bonchev–Trinajstić information content (AvgIpc) is 3.35. The van der Waals surface area contributed by atoms with E-state index in [1.807, 2.05) is 48.5 Å². The zero-order valence-corrected chi connectivity index (χ0v) is 42.2. The lowest BCUT2D eigenvalue weighted by Gasteiger charge is -2.37. The largest absolute Gasteiger partial charge is 0.481 e. The lowest BCUT2D eigenvalue weighted by molar-refractivity contribution is -0.143. The Balaban J connectivity index is 0.000000188. The summed E-state index contributed by atoms with van der Waals surface area (Å²) in [5.41, 5.74) is 4.42. The summed E-state index contributed by atoms with van der Waals surface area (Å²) in [6, 6.07) is 15.1. The maximum Gasteiger partial charge on any atom is 0.316 e. The van der Waals surface area contributed by atoms with Gasteiger partial charge in [0.15, 0.2) is 19.7 Å². The normalized spacial score (nSPS) is 21.4. The minimum atomic E-state index is -3.17. The molecular formula is C50H70N8O9S2. The number of nitrogens with zero attached hydrogens (tertiary/aromatic N) is 7. The van der Waals surface area contributed by atoms with Gasteiger partial charge in [-0.05, 0) is 111 Å². The summed E-state index contributed by atoms with van der Waals surface area (Å²) in [6.45, 7) is 13.0. The molecule has 0 radical (unpaired) electrons. The molecule has 376 valence electrons. The highest BCUT2D eigenvalue weighted by molar-refractivity contribution is 7.91. The molecule has 69 heavy (non-hydrogen) atoms. The second-order valence-corrected chi connectivity index (χ2v) is 22.5. The Morgan fingerprint density at radius 1 is 0.565 bits per heavy atom. The number of aromatic nitrogens is 4. The van der Waals surface area contributed by atoms with Crippen molar-refractivity contribution >= 4 is 31.6 Å². The first-order valence-corrected chi connectivity index (χ1v) is 28.0. The molecule has 1 amide bonds. The summed E-state index contributed by atoms with van der Waals surface area (Å²) < 4.78 is 57.5. The van der Waals surface area contributed by atoms with Gasteiger partial charge in [-0.2, -0.15) is 0 Å². The number of amides is 1. The Bertz CT molecular complexity index is 2430. The Kier molecular flexibility index (Phi) is 19.8. The number of carboxylic acid groups (broad SMARTS) is 1. The molecule has 2 saturated carbocycles. The molecule has 2 aromatic heterocycles. The van der Waals surface area contributed by atoms with E-state index in [4.69, 9.17) is 14.6 Å². The molecule has 4 fully saturated rings. The number of rotatable bonds is 14. The number of benzene rings is 2. The van der Waals surface area contributed by atoms with Crippen molar-refractivity contribution in [3.05, 3.63) is 95.6 Å². The van der Waals surface area contributed by atoms with Gasteiger partial charge >= 0.3 is 18.0 Å². The van der Waals surface area contributed by atoms with Gasteiger partial charge in [0.25, 0.3) is 0 Å². The van der Waals surface area contributed by atoms with Gasteiger partial charge in [-0.3, -0.25) is 19.4 Å². The van der Waals surface area contributed by atoms with Crippen molar-refractivity contribution in [2.45, 2.75) is 113 Å².